The maximum absolute atomic E-state index is 12.9. The Bertz CT molecular complexity index is 597. The highest BCUT2D eigenvalue weighted by Crippen LogP contribution is 2.21. The molecule has 0 aliphatic heterocycles. The molecule has 2 aromatic rings. The van der Waals surface area contributed by atoms with Gasteiger partial charge in [0.05, 0.1) is 5.02 Å². The van der Waals surface area contributed by atoms with Crippen LogP contribution in [0, 0.1) is 11.6 Å². The summed E-state index contributed by atoms with van der Waals surface area (Å²) in [6.45, 7) is -0.229. The molecule has 2 aromatic carbocycles. The molecule has 0 heterocycles. The van der Waals surface area contributed by atoms with Crippen LogP contribution >= 0.6 is 11.6 Å². The number of ketones is 1. The van der Waals surface area contributed by atoms with Crippen LogP contribution in [0.5, 0.6) is 5.75 Å². The van der Waals surface area contributed by atoms with E-state index in [1.54, 1.807) is 0 Å². The third-order valence-electron chi connectivity index (χ3n) is 2.43. The van der Waals surface area contributed by atoms with Crippen molar-refractivity contribution < 1.29 is 18.3 Å². The van der Waals surface area contributed by atoms with E-state index in [4.69, 9.17) is 16.3 Å². The monoisotopic (exact) mass is 282 g/mol. The number of benzene rings is 2. The fraction of sp³-hybridized carbons (Fsp3) is 0.0714. The van der Waals surface area contributed by atoms with Gasteiger partial charge in [0.1, 0.15) is 17.4 Å². The van der Waals surface area contributed by atoms with Crippen molar-refractivity contribution in [1.82, 2.24) is 0 Å². The summed E-state index contributed by atoms with van der Waals surface area (Å²) in [6, 6.07) is 8.95. The zero-order valence-electron chi connectivity index (χ0n) is 9.70. The molecule has 2 rings (SSSR count). The van der Waals surface area contributed by atoms with Gasteiger partial charge in [0.2, 0.25) is 0 Å². The van der Waals surface area contributed by atoms with Crippen LogP contribution in [0.2, 0.25) is 5.02 Å². The van der Waals surface area contributed by atoms with Crippen LogP contribution in [0.3, 0.4) is 0 Å². The van der Waals surface area contributed by atoms with Crippen molar-refractivity contribution in [3.8, 4) is 5.75 Å². The minimum Gasteiger partial charge on any atom is -0.485 e. The molecule has 0 fully saturated rings. The van der Waals surface area contributed by atoms with Crippen LogP contribution in [-0.2, 0) is 0 Å². The lowest BCUT2D eigenvalue weighted by Gasteiger charge is -2.06. The molecule has 19 heavy (non-hydrogen) atoms. The summed E-state index contributed by atoms with van der Waals surface area (Å²) < 4.78 is 30.8. The highest BCUT2D eigenvalue weighted by atomic mass is 35.5. The Morgan fingerprint density at radius 1 is 1.11 bits per heavy atom. The van der Waals surface area contributed by atoms with Crippen molar-refractivity contribution in [2.24, 2.45) is 0 Å². The molecule has 0 N–H and O–H groups in total. The largest absolute Gasteiger partial charge is 0.485 e. The Balaban J connectivity index is 2.00. The first kappa shape index (κ1) is 13.5. The molecule has 0 spiro atoms. The second-order valence-corrected chi connectivity index (χ2v) is 4.20. The van der Waals surface area contributed by atoms with E-state index in [9.17, 15) is 13.6 Å². The van der Waals surface area contributed by atoms with E-state index in [0.717, 1.165) is 6.07 Å². The summed E-state index contributed by atoms with van der Waals surface area (Å²) in [5.41, 5.74) is 0.342. The van der Waals surface area contributed by atoms with Gasteiger partial charge in [0.15, 0.2) is 12.4 Å². The molecular weight excluding hydrogens is 274 g/mol. The number of hydrogen-bond donors (Lipinski definition) is 0. The topological polar surface area (TPSA) is 26.3 Å². The van der Waals surface area contributed by atoms with Gasteiger partial charge >= 0.3 is 0 Å². The number of rotatable bonds is 4. The van der Waals surface area contributed by atoms with Gasteiger partial charge in [-0.3, -0.25) is 4.79 Å². The van der Waals surface area contributed by atoms with Crippen molar-refractivity contribution >= 4 is 17.4 Å². The predicted octanol–water partition coefficient (Wildman–Crippen LogP) is 3.88. The molecule has 0 saturated heterocycles. The van der Waals surface area contributed by atoms with Gasteiger partial charge in [0, 0.05) is 11.6 Å². The quantitative estimate of drug-likeness (QED) is 0.796. The van der Waals surface area contributed by atoms with Crippen molar-refractivity contribution in [3.63, 3.8) is 0 Å². The van der Waals surface area contributed by atoms with Crippen LogP contribution in [0.25, 0.3) is 0 Å². The van der Waals surface area contributed by atoms with Gasteiger partial charge in [-0.2, -0.15) is 0 Å². The first-order valence-corrected chi connectivity index (χ1v) is 5.80. The molecule has 0 bridgehead atoms. The molecule has 0 saturated carbocycles. The maximum Gasteiger partial charge on any atom is 0.200 e. The van der Waals surface area contributed by atoms with Crippen LogP contribution in [-0.4, -0.2) is 12.4 Å². The Hall–Kier alpha value is -1.94. The van der Waals surface area contributed by atoms with Crippen molar-refractivity contribution in [1.29, 1.82) is 0 Å². The predicted molar refractivity (Wildman–Crippen MR) is 67.6 cm³/mol. The number of carbonyl (C=O) groups is 1. The smallest absolute Gasteiger partial charge is 0.200 e. The van der Waals surface area contributed by atoms with E-state index >= 15 is 0 Å². The Kier molecular flexibility index (Phi) is 4.12. The number of hydrogen-bond acceptors (Lipinski definition) is 2. The van der Waals surface area contributed by atoms with Gasteiger partial charge in [-0.05, 0) is 36.4 Å². The van der Waals surface area contributed by atoms with E-state index < -0.39 is 11.6 Å². The van der Waals surface area contributed by atoms with Gasteiger partial charge in [0.25, 0.3) is 0 Å². The summed E-state index contributed by atoms with van der Waals surface area (Å²) >= 11 is 5.58. The number of halogens is 3. The van der Waals surface area contributed by atoms with Crippen LogP contribution < -0.4 is 4.74 Å². The normalized spacial score (nSPS) is 10.3. The molecule has 0 aliphatic carbocycles. The Morgan fingerprint density at radius 2 is 1.79 bits per heavy atom. The highest BCUT2D eigenvalue weighted by Gasteiger charge is 2.08. The first-order chi connectivity index (χ1) is 9.06. The molecule has 2 nitrogen and oxygen atoms in total. The molecule has 0 radical (unpaired) electrons. The summed E-state index contributed by atoms with van der Waals surface area (Å²) in [6.07, 6.45) is 0. The van der Waals surface area contributed by atoms with E-state index in [1.807, 2.05) is 0 Å². The third kappa shape index (κ3) is 3.51. The van der Waals surface area contributed by atoms with E-state index in [0.29, 0.717) is 11.3 Å². The molecule has 0 atom stereocenters. The highest BCUT2D eigenvalue weighted by molar-refractivity contribution is 6.30. The number of carbonyl (C=O) groups excluding carboxylic acids is 1. The minimum atomic E-state index is -0.557. The summed E-state index contributed by atoms with van der Waals surface area (Å²) in [5.74, 6) is -0.982. The summed E-state index contributed by atoms with van der Waals surface area (Å²) in [5, 5.41) is -0.0771. The van der Waals surface area contributed by atoms with Crippen LogP contribution in [0.15, 0.2) is 42.5 Å². The number of ether oxygens (including phenoxy) is 1. The van der Waals surface area contributed by atoms with Crippen LogP contribution in [0.4, 0.5) is 8.78 Å². The molecule has 0 aromatic heterocycles. The fourth-order valence-electron chi connectivity index (χ4n) is 1.43. The molecule has 0 unspecified atom stereocenters. The van der Waals surface area contributed by atoms with E-state index in [1.165, 1.54) is 36.4 Å². The first-order valence-electron chi connectivity index (χ1n) is 5.43. The average Bonchev–Trinajstić information content (AvgIpc) is 2.40. The molecule has 98 valence electrons. The molecule has 0 aliphatic rings. The second kappa shape index (κ2) is 5.80. The molecular formula is C14H9ClF2O2. The van der Waals surface area contributed by atoms with E-state index in [2.05, 4.69) is 0 Å². The van der Waals surface area contributed by atoms with Crippen LogP contribution in [0.1, 0.15) is 10.4 Å². The molecule has 0 amide bonds. The Labute approximate surface area is 113 Å². The zero-order chi connectivity index (χ0) is 13.8. The maximum atomic E-state index is 12.9. The number of Topliss-reactive ketones (excluding diaryl/α,β-unsaturated/α-hetero) is 1. The lowest BCUT2D eigenvalue weighted by molar-refractivity contribution is 0.0921. The minimum absolute atomic E-state index is 0.0771. The van der Waals surface area contributed by atoms with Gasteiger partial charge < -0.3 is 4.74 Å². The Morgan fingerprint density at radius 3 is 2.42 bits per heavy atom. The zero-order valence-corrected chi connectivity index (χ0v) is 10.5. The van der Waals surface area contributed by atoms with Crippen molar-refractivity contribution in [2.75, 3.05) is 6.61 Å². The summed E-state index contributed by atoms with van der Waals surface area (Å²) in [7, 11) is 0. The molecule has 5 heteroatoms. The van der Waals surface area contributed by atoms with Crippen molar-refractivity contribution in [2.45, 2.75) is 0 Å². The lowest BCUT2D eigenvalue weighted by Crippen LogP contribution is -2.11. The summed E-state index contributed by atoms with van der Waals surface area (Å²) in [4.78, 5) is 11.7. The third-order valence-corrected chi connectivity index (χ3v) is 2.72. The average molecular weight is 283 g/mol. The van der Waals surface area contributed by atoms with Crippen molar-refractivity contribution in [3.05, 3.63) is 64.7 Å². The van der Waals surface area contributed by atoms with Gasteiger partial charge in [-0.15, -0.1) is 0 Å². The SMILES string of the molecule is O=C(COc1ccc(F)c(Cl)c1)c1ccc(F)cc1. The standard InChI is InChI=1S/C14H9ClF2O2/c15-12-7-11(5-6-13(12)17)19-8-14(18)9-1-3-10(16)4-2-9/h1-7H,8H2. The van der Waals surface area contributed by atoms with Gasteiger partial charge in [-0.1, -0.05) is 11.6 Å². The second-order valence-electron chi connectivity index (χ2n) is 3.79. The van der Waals surface area contributed by atoms with E-state index in [-0.39, 0.29) is 17.4 Å². The van der Waals surface area contributed by atoms with Gasteiger partial charge in [-0.25, -0.2) is 8.78 Å². The fourth-order valence-corrected chi connectivity index (χ4v) is 1.61. The lowest BCUT2D eigenvalue weighted by atomic mass is 10.1.